The Bertz CT molecular complexity index is 746. The fraction of sp³-hybridized carbons (Fsp3) is 0.474. The van der Waals surface area contributed by atoms with Crippen molar-refractivity contribution in [3.8, 4) is 5.69 Å². The van der Waals surface area contributed by atoms with Gasteiger partial charge in [-0.1, -0.05) is 31.0 Å². The van der Waals surface area contributed by atoms with E-state index in [-0.39, 0.29) is 18.5 Å². The molecule has 2 aromatic rings. The molecule has 0 aliphatic carbocycles. The van der Waals surface area contributed by atoms with Crippen LogP contribution in [0.1, 0.15) is 37.9 Å². The summed E-state index contributed by atoms with van der Waals surface area (Å²) in [5.41, 5.74) is 0.895. The lowest BCUT2D eigenvalue weighted by Crippen LogP contribution is -2.42. The molecule has 8 heteroatoms. The number of amides is 3. The molecule has 1 aromatic heterocycles. The number of para-hydroxylation sites is 1. The lowest BCUT2D eigenvalue weighted by molar-refractivity contribution is -0.121. The van der Waals surface area contributed by atoms with Crippen LogP contribution in [-0.2, 0) is 11.3 Å². The van der Waals surface area contributed by atoms with Gasteiger partial charge in [0.05, 0.1) is 12.2 Å². The molecule has 2 N–H and O–H groups in total. The molecule has 2 heterocycles. The second kappa shape index (κ2) is 9.70. The summed E-state index contributed by atoms with van der Waals surface area (Å²) in [6.45, 7) is 2.07. The highest BCUT2D eigenvalue weighted by atomic mass is 16.2. The van der Waals surface area contributed by atoms with E-state index >= 15 is 0 Å². The van der Waals surface area contributed by atoms with Gasteiger partial charge in [-0.15, -0.1) is 0 Å². The fourth-order valence-corrected chi connectivity index (χ4v) is 3.09. The van der Waals surface area contributed by atoms with Crippen molar-refractivity contribution in [1.82, 2.24) is 30.3 Å². The van der Waals surface area contributed by atoms with Crippen molar-refractivity contribution in [1.29, 1.82) is 0 Å². The van der Waals surface area contributed by atoms with Gasteiger partial charge in [0.15, 0.2) is 5.82 Å². The van der Waals surface area contributed by atoms with Crippen molar-refractivity contribution < 1.29 is 9.59 Å². The second-order valence-corrected chi connectivity index (χ2v) is 6.58. The molecule has 8 nitrogen and oxygen atoms in total. The Morgan fingerprint density at radius 3 is 2.78 bits per heavy atom. The third-order valence-electron chi connectivity index (χ3n) is 4.59. The lowest BCUT2D eigenvalue weighted by atomic mass is 10.2. The Balaban J connectivity index is 1.59. The average Bonchev–Trinajstić information content (AvgIpc) is 3.15. The van der Waals surface area contributed by atoms with Gasteiger partial charge in [0.1, 0.15) is 6.33 Å². The van der Waals surface area contributed by atoms with Crippen molar-refractivity contribution in [3.63, 3.8) is 0 Å². The van der Waals surface area contributed by atoms with Crippen molar-refractivity contribution in [2.24, 2.45) is 0 Å². The minimum absolute atomic E-state index is 0.00137. The van der Waals surface area contributed by atoms with Crippen LogP contribution in [0.3, 0.4) is 0 Å². The smallest absolute Gasteiger partial charge is 0.317 e. The molecular weight excluding hydrogens is 344 g/mol. The molecule has 144 valence electrons. The molecule has 1 aliphatic heterocycles. The fourth-order valence-electron chi connectivity index (χ4n) is 3.09. The summed E-state index contributed by atoms with van der Waals surface area (Å²) in [5.74, 6) is 0.656. The summed E-state index contributed by atoms with van der Waals surface area (Å²) < 4.78 is 1.71. The SMILES string of the molecule is O=C1CCN(C(=O)NCc2ncnn2-c2ccccc2)CCCCCCN1. The van der Waals surface area contributed by atoms with E-state index in [1.165, 1.54) is 6.33 Å². The summed E-state index contributed by atoms with van der Waals surface area (Å²) in [4.78, 5) is 30.4. The molecule has 1 aliphatic rings. The number of rotatable bonds is 3. The van der Waals surface area contributed by atoms with Crippen LogP contribution in [0.25, 0.3) is 5.69 Å². The molecule has 3 amide bonds. The lowest BCUT2D eigenvalue weighted by Gasteiger charge is -2.22. The van der Waals surface area contributed by atoms with E-state index in [9.17, 15) is 9.59 Å². The maximum atomic E-state index is 12.6. The Hall–Kier alpha value is -2.90. The minimum Gasteiger partial charge on any atom is -0.356 e. The van der Waals surface area contributed by atoms with Crippen LogP contribution in [0.15, 0.2) is 36.7 Å². The number of carbonyl (C=O) groups is 2. The summed E-state index contributed by atoms with van der Waals surface area (Å²) in [7, 11) is 0. The number of carbonyl (C=O) groups excluding carboxylic acids is 2. The summed E-state index contributed by atoms with van der Waals surface area (Å²) in [6, 6.07) is 9.49. The number of nitrogens with one attached hydrogen (secondary N) is 2. The van der Waals surface area contributed by atoms with Crippen molar-refractivity contribution in [2.45, 2.75) is 38.6 Å². The zero-order chi connectivity index (χ0) is 18.9. The van der Waals surface area contributed by atoms with Crippen LogP contribution < -0.4 is 10.6 Å². The van der Waals surface area contributed by atoms with E-state index in [0.717, 1.165) is 37.9 Å². The predicted octanol–water partition coefficient (Wildman–Crippen LogP) is 1.86. The zero-order valence-electron chi connectivity index (χ0n) is 15.4. The highest BCUT2D eigenvalue weighted by molar-refractivity contribution is 5.78. The van der Waals surface area contributed by atoms with E-state index in [1.54, 1.807) is 9.58 Å². The highest BCUT2D eigenvalue weighted by Gasteiger charge is 2.16. The highest BCUT2D eigenvalue weighted by Crippen LogP contribution is 2.08. The van der Waals surface area contributed by atoms with Gasteiger partial charge in [0.25, 0.3) is 0 Å². The molecule has 1 fully saturated rings. The maximum Gasteiger partial charge on any atom is 0.317 e. The normalized spacial score (nSPS) is 16.3. The van der Waals surface area contributed by atoms with Crippen LogP contribution in [0.4, 0.5) is 4.79 Å². The van der Waals surface area contributed by atoms with Crippen LogP contribution in [0.2, 0.25) is 0 Å². The van der Waals surface area contributed by atoms with E-state index in [2.05, 4.69) is 20.7 Å². The number of hydrogen-bond acceptors (Lipinski definition) is 4. The number of aromatic nitrogens is 3. The third kappa shape index (κ3) is 5.54. The molecule has 27 heavy (non-hydrogen) atoms. The Morgan fingerprint density at radius 2 is 1.93 bits per heavy atom. The van der Waals surface area contributed by atoms with Crippen LogP contribution in [0.5, 0.6) is 0 Å². The third-order valence-corrected chi connectivity index (χ3v) is 4.59. The van der Waals surface area contributed by atoms with Crippen molar-refractivity contribution >= 4 is 11.9 Å². The topological polar surface area (TPSA) is 92.2 Å². The van der Waals surface area contributed by atoms with Gasteiger partial charge in [0, 0.05) is 26.1 Å². The van der Waals surface area contributed by atoms with Crippen LogP contribution in [0, 0.1) is 0 Å². The van der Waals surface area contributed by atoms with Crippen molar-refractivity contribution in [3.05, 3.63) is 42.5 Å². The summed E-state index contributed by atoms with van der Waals surface area (Å²) in [5, 5.41) is 10.0. The molecule has 0 spiro atoms. The van der Waals surface area contributed by atoms with Gasteiger partial charge in [0.2, 0.25) is 5.91 Å². The number of nitrogens with zero attached hydrogens (tertiary/aromatic N) is 4. The molecule has 1 aromatic carbocycles. The molecule has 1 saturated heterocycles. The molecule has 0 unspecified atom stereocenters. The molecule has 0 atom stereocenters. The first-order valence-corrected chi connectivity index (χ1v) is 9.48. The molecule has 3 rings (SSSR count). The van der Waals surface area contributed by atoms with Crippen molar-refractivity contribution in [2.75, 3.05) is 19.6 Å². The average molecular weight is 370 g/mol. The molecule has 0 radical (unpaired) electrons. The number of benzene rings is 1. The Kier molecular flexibility index (Phi) is 6.78. The second-order valence-electron chi connectivity index (χ2n) is 6.58. The molecule has 0 saturated carbocycles. The molecule has 0 bridgehead atoms. The van der Waals surface area contributed by atoms with E-state index in [0.29, 0.717) is 25.3 Å². The van der Waals surface area contributed by atoms with Gasteiger partial charge < -0.3 is 15.5 Å². The quantitative estimate of drug-likeness (QED) is 0.863. The van der Waals surface area contributed by atoms with Gasteiger partial charge in [-0.25, -0.2) is 14.5 Å². The van der Waals surface area contributed by atoms with Gasteiger partial charge in [-0.05, 0) is 25.0 Å². The van der Waals surface area contributed by atoms with Crippen LogP contribution in [-0.4, -0.2) is 51.2 Å². The van der Waals surface area contributed by atoms with Gasteiger partial charge in [-0.3, -0.25) is 4.79 Å². The maximum absolute atomic E-state index is 12.6. The Morgan fingerprint density at radius 1 is 1.11 bits per heavy atom. The Labute approximate surface area is 159 Å². The number of hydrogen-bond donors (Lipinski definition) is 2. The van der Waals surface area contributed by atoms with Gasteiger partial charge in [-0.2, -0.15) is 5.10 Å². The zero-order valence-corrected chi connectivity index (χ0v) is 15.4. The first-order chi connectivity index (χ1) is 13.2. The first kappa shape index (κ1) is 18.9. The van der Waals surface area contributed by atoms with E-state index in [4.69, 9.17) is 0 Å². The number of urea groups is 1. The monoisotopic (exact) mass is 370 g/mol. The van der Waals surface area contributed by atoms with Gasteiger partial charge >= 0.3 is 6.03 Å². The summed E-state index contributed by atoms with van der Waals surface area (Å²) in [6.07, 6.45) is 5.87. The largest absolute Gasteiger partial charge is 0.356 e. The molecular formula is C19H26N6O2. The predicted molar refractivity (Wildman–Crippen MR) is 101 cm³/mol. The summed E-state index contributed by atoms with van der Waals surface area (Å²) >= 11 is 0. The standard InChI is InChI=1S/C19H26N6O2/c26-18-10-13-24(12-7-2-1-6-11-20-18)19(27)21-14-17-22-15-23-25(17)16-8-4-3-5-9-16/h3-5,8-9,15H,1-2,6-7,10-14H2,(H,20,26)(H,21,27). The van der Waals surface area contributed by atoms with E-state index in [1.807, 2.05) is 30.3 Å². The van der Waals surface area contributed by atoms with E-state index < -0.39 is 0 Å². The first-order valence-electron chi connectivity index (χ1n) is 9.48. The minimum atomic E-state index is -0.176. The van der Waals surface area contributed by atoms with Crippen LogP contribution >= 0.6 is 0 Å².